The predicted molar refractivity (Wildman–Crippen MR) is 174 cm³/mol. The molecule has 3 N–H and O–H groups in total. The first kappa shape index (κ1) is 28.4. The first-order chi connectivity index (χ1) is 21.0. The number of thioether (sulfide) groups is 1. The van der Waals surface area contributed by atoms with E-state index in [2.05, 4.69) is 15.6 Å². The van der Waals surface area contributed by atoms with Crippen LogP contribution in [0.4, 0.5) is 10.8 Å². The average molecular weight is 622 g/mol. The van der Waals surface area contributed by atoms with Crippen molar-refractivity contribution in [3.63, 3.8) is 0 Å². The Morgan fingerprint density at radius 2 is 1.56 bits per heavy atom. The lowest BCUT2D eigenvalue weighted by atomic mass is 9.98. The summed E-state index contributed by atoms with van der Waals surface area (Å²) in [7, 11) is 0. The lowest BCUT2D eigenvalue weighted by Crippen LogP contribution is -2.19. The number of thiophene rings is 1. The molecule has 0 radical (unpaired) electrons. The number of amides is 2. The number of fused-ring (bicyclic) bond motifs is 1. The molecule has 0 aliphatic carbocycles. The van der Waals surface area contributed by atoms with Crippen LogP contribution in [0.15, 0.2) is 119 Å². The van der Waals surface area contributed by atoms with Crippen LogP contribution in [0.5, 0.6) is 0 Å². The highest BCUT2D eigenvalue weighted by atomic mass is 32.2. The largest absolute Gasteiger partial charge is 0.478 e. The molecule has 0 saturated heterocycles. The van der Waals surface area contributed by atoms with Crippen molar-refractivity contribution >= 4 is 73.8 Å². The molecule has 2 amide bonds. The van der Waals surface area contributed by atoms with Gasteiger partial charge < -0.3 is 15.7 Å². The molecule has 1 unspecified atom stereocenters. The van der Waals surface area contributed by atoms with Crippen LogP contribution < -0.4 is 10.6 Å². The fourth-order valence-corrected chi connectivity index (χ4v) is 7.19. The predicted octanol–water partition coefficient (Wildman–Crippen LogP) is 8.45. The highest BCUT2D eigenvalue weighted by Gasteiger charge is 2.24. The van der Waals surface area contributed by atoms with Gasteiger partial charge in [-0.05, 0) is 52.7 Å². The van der Waals surface area contributed by atoms with Crippen molar-refractivity contribution in [2.45, 2.75) is 10.1 Å². The van der Waals surface area contributed by atoms with E-state index in [-0.39, 0.29) is 17.0 Å². The number of carbonyl (C=O) groups is 3. The zero-order valence-electron chi connectivity index (χ0n) is 22.4. The third kappa shape index (κ3) is 6.36. The first-order valence-corrected chi connectivity index (χ1v) is 15.8. The molecule has 1 atom stereocenters. The third-order valence-corrected chi connectivity index (χ3v) is 9.47. The maximum absolute atomic E-state index is 13.6. The average Bonchev–Trinajstić information content (AvgIpc) is 3.72. The molecule has 10 heteroatoms. The molecule has 0 aliphatic heterocycles. The molecule has 0 saturated carbocycles. The van der Waals surface area contributed by atoms with Gasteiger partial charge in [0, 0.05) is 26.9 Å². The Hall–Kier alpha value is -4.77. The second-order valence-corrected chi connectivity index (χ2v) is 12.4. The third-order valence-electron chi connectivity index (χ3n) is 6.57. The van der Waals surface area contributed by atoms with Gasteiger partial charge >= 0.3 is 5.97 Å². The molecule has 2 heterocycles. The monoisotopic (exact) mass is 621 g/mol. The van der Waals surface area contributed by atoms with Gasteiger partial charge in [0.15, 0.2) is 5.13 Å². The number of hydrogen-bond acceptors (Lipinski definition) is 7. The fourth-order valence-electron chi connectivity index (χ4n) is 4.63. The Bertz CT molecular complexity index is 1930. The van der Waals surface area contributed by atoms with E-state index in [9.17, 15) is 19.5 Å². The molecule has 212 valence electrons. The van der Waals surface area contributed by atoms with E-state index >= 15 is 0 Å². The highest BCUT2D eigenvalue weighted by Crippen LogP contribution is 2.38. The van der Waals surface area contributed by atoms with Crippen molar-refractivity contribution < 1.29 is 19.5 Å². The van der Waals surface area contributed by atoms with Crippen molar-refractivity contribution in [1.82, 2.24) is 4.98 Å². The normalized spacial score (nSPS) is 11.6. The summed E-state index contributed by atoms with van der Waals surface area (Å²) in [6.07, 6.45) is 0. The standard InChI is InChI=1S/C33H23N3O4S3/c37-30(24-14-4-10-20-11-5-15-25(28(20)24)32(39)40)34-22-12-6-13-23(18-22)43-29(21-8-2-1-3-9-21)31(38)36-33-35-26(19-42-33)27-16-7-17-41-27/h1-19,29H,(H,34,37)(H,39,40)(H,35,36,38). The number of hydrogen-bond donors (Lipinski definition) is 3. The van der Waals surface area contributed by atoms with Gasteiger partial charge in [0.2, 0.25) is 5.91 Å². The lowest BCUT2D eigenvalue weighted by Gasteiger charge is -2.17. The number of anilines is 2. The van der Waals surface area contributed by atoms with E-state index < -0.39 is 17.1 Å². The number of rotatable bonds is 9. The second-order valence-electron chi connectivity index (χ2n) is 9.41. The van der Waals surface area contributed by atoms with Crippen LogP contribution in [0.25, 0.3) is 21.3 Å². The molecule has 0 aliphatic rings. The molecule has 0 bridgehead atoms. The topological polar surface area (TPSA) is 108 Å². The number of carbonyl (C=O) groups excluding carboxylic acids is 2. The number of carboxylic acid groups (broad SMARTS) is 1. The molecule has 7 nitrogen and oxygen atoms in total. The number of nitrogens with one attached hydrogen (secondary N) is 2. The van der Waals surface area contributed by atoms with E-state index in [1.54, 1.807) is 59.9 Å². The Morgan fingerprint density at radius 1 is 0.791 bits per heavy atom. The Labute approximate surface area is 259 Å². The summed E-state index contributed by atoms with van der Waals surface area (Å²) in [4.78, 5) is 45.2. The number of carboxylic acids is 1. The van der Waals surface area contributed by atoms with E-state index in [1.165, 1.54) is 29.2 Å². The van der Waals surface area contributed by atoms with Gasteiger partial charge in [-0.25, -0.2) is 9.78 Å². The van der Waals surface area contributed by atoms with Crippen LogP contribution in [0.1, 0.15) is 31.5 Å². The maximum atomic E-state index is 13.6. The van der Waals surface area contributed by atoms with Gasteiger partial charge in [0.25, 0.3) is 5.91 Å². The molecule has 4 aromatic carbocycles. The first-order valence-electron chi connectivity index (χ1n) is 13.1. The number of thiazole rings is 1. The maximum Gasteiger partial charge on any atom is 0.336 e. The van der Waals surface area contributed by atoms with Crippen molar-refractivity contribution in [2.24, 2.45) is 0 Å². The Balaban J connectivity index is 1.24. The number of aromatic carboxylic acids is 1. The van der Waals surface area contributed by atoms with Crippen molar-refractivity contribution in [2.75, 3.05) is 10.6 Å². The van der Waals surface area contributed by atoms with Gasteiger partial charge in [-0.15, -0.1) is 34.4 Å². The minimum absolute atomic E-state index is 0.0620. The number of benzene rings is 4. The highest BCUT2D eigenvalue weighted by molar-refractivity contribution is 8.00. The minimum atomic E-state index is -1.10. The molecule has 6 rings (SSSR count). The number of aromatic nitrogens is 1. The van der Waals surface area contributed by atoms with E-state index in [0.717, 1.165) is 21.0 Å². The molecule has 0 fully saturated rings. The summed E-state index contributed by atoms with van der Waals surface area (Å²) in [5, 5.41) is 20.5. The van der Waals surface area contributed by atoms with Gasteiger partial charge in [-0.2, -0.15) is 0 Å². The summed E-state index contributed by atoms with van der Waals surface area (Å²) in [5.41, 5.74) is 2.50. The van der Waals surface area contributed by atoms with Crippen LogP contribution in [0.3, 0.4) is 0 Å². The van der Waals surface area contributed by atoms with Crippen LogP contribution in [0, 0.1) is 0 Å². The van der Waals surface area contributed by atoms with Gasteiger partial charge in [0.05, 0.1) is 16.1 Å². The smallest absolute Gasteiger partial charge is 0.336 e. The van der Waals surface area contributed by atoms with E-state index in [0.29, 0.717) is 21.6 Å². The Morgan fingerprint density at radius 3 is 2.30 bits per heavy atom. The molecule has 6 aromatic rings. The Kier molecular flexibility index (Phi) is 8.32. The van der Waals surface area contributed by atoms with Crippen LogP contribution in [-0.4, -0.2) is 27.9 Å². The second kappa shape index (κ2) is 12.6. The SMILES string of the molecule is O=C(O)c1cccc2cccc(C(=O)Nc3cccc(SC(C(=O)Nc4nc(-c5cccs5)cs4)c4ccccc4)c3)c12. The van der Waals surface area contributed by atoms with Gasteiger partial charge in [-0.1, -0.05) is 66.7 Å². The zero-order chi connectivity index (χ0) is 29.8. The summed E-state index contributed by atoms with van der Waals surface area (Å²) in [5.74, 6) is -1.74. The lowest BCUT2D eigenvalue weighted by molar-refractivity contribution is -0.115. The summed E-state index contributed by atoms with van der Waals surface area (Å²) in [6, 6.07) is 30.7. The molecule has 43 heavy (non-hydrogen) atoms. The van der Waals surface area contributed by atoms with Crippen molar-refractivity contribution in [3.05, 3.63) is 131 Å². The van der Waals surface area contributed by atoms with Crippen molar-refractivity contribution in [1.29, 1.82) is 0 Å². The van der Waals surface area contributed by atoms with Crippen molar-refractivity contribution in [3.8, 4) is 10.6 Å². The molecular formula is C33H23N3O4S3. The van der Waals surface area contributed by atoms with Gasteiger partial charge in [0.1, 0.15) is 5.25 Å². The van der Waals surface area contributed by atoms with Gasteiger partial charge in [-0.3, -0.25) is 9.59 Å². The summed E-state index contributed by atoms with van der Waals surface area (Å²) >= 11 is 4.32. The molecular weight excluding hydrogens is 599 g/mol. The minimum Gasteiger partial charge on any atom is -0.478 e. The zero-order valence-corrected chi connectivity index (χ0v) is 24.8. The molecule has 2 aromatic heterocycles. The number of nitrogens with zero attached hydrogens (tertiary/aromatic N) is 1. The van der Waals surface area contributed by atoms with E-state index in [4.69, 9.17) is 0 Å². The summed E-state index contributed by atoms with van der Waals surface area (Å²) in [6.45, 7) is 0. The van der Waals surface area contributed by atoms with Crippen LogP contribution >= 0.6 is 34.4 Å². The van der Waals surface area contributed by atoms with Crippen LogP contribution in [-0.2, 0) is 4.79 Å². The van der Waals surface area contributed by atoms with Crippen LogP contribution in [0.2, 0.25) is 0 Å². The molecule has 0 spiro atoms. The fraction of sp³-hybridized carbons (Fsp3) is 0.0303. The summed E-state index contributed by atoms with van der Waals surface area (Å²) < 4.78 is 0. The van der Waals surface area contributed by atoms with E-state index in [1.807, 2.05) is 59.3 Å². The quantitative estimate of drug-likeness (QED) is 0.140.